The van der Waals surface area contributed by atoms with Crippen LogP contribution in [0, 0.1) is 5.92 Å². The molecule has 0 spiro atoms. The molecule has 2 bridgehead atoms. The van der Waals surface area contributed by atoms with Gasteiger partial charge in [-0.05, 0) is 38.3 Å². The Kier molecular flexibility index (Phi) is 7.32. The van der Waals surface area contributed by atoms with Crippen molar-refractivity contribution in [1.29, 1.82) is 0 Å². The molecule has 25 heavy (non-hydrogen) atoms. The van der Waals surface area contributed by atoms with Gasteiger partial charge >= 0.3 is 11.9 Å². The van der Waals surface area contributed by atoms with E-state index in [0.717, 1.165) is 37.1 Å². The molecule has 4 rings (SSSR count). The number of fused-ring (bicyclic) bond motifs is 3. The van der Waals surface area contributed by atoms with E-state index in [-0.39, 0.29) is 0 Å². The van der Waals surface area contributed by atoms with Crippen LogP contribution in [0.15, 0.2) is 12.2 Å². The predicted molar refractivity (Wildman–Crippen MR) is 92.0 cm³/mol. The van der Waals surface area contributed by atoms with E-state index >= 15 is 0 Å². The number of carbonyl (C=O) groups is 2. The van der Waals surface area contributed by atoms with Gasteiger partial charge in [0.1, 0.15) is 5.69 Å². The molecule has 0 saturated carbocycles. The van der Waals surface area contributed by atoms with Crippen LogP contribution in [0.1, 0.15) is 37.8 Å². The molecular formula is C16H23N3O5S. The molecule has 3 aliphatic rings. The molecule has 1 aromatic rings. The first-order valence-corrected chi connectivity index (χ1v) is 9.05. The highest BCUT2D eigenvalue weighted by molar-refractivity contribution is 6.99. The summed E-state index contributed by atoms with van der Waals surface area (Å²) in [5, 5.41) is 15.6. The monoisotopic (exact) mass is 369 g/mol. The van der Waals surface area contributed by atoms with Crippen LogP contribution in [0.2, 0.25) is 0 Å². The second kappa shape index (κ2) is 9.47. The molecule has 1 atom stereocenters. The fourth-order valence-electron chi connectivity index (χ4n) is 3.13. The maximum absolute atomic E-state index is 9.55. The highest BCUT2D eigenvalue weighted by atomic mass is 32.1. The number of aromatic nitrogens is 2. The fraction of sp³-hybridized carbons (Fsp3) is 0.625. The quantitative estimate of drug-likeness (QED) is 0.731. The van der Waals surface area contributed by atoms with E-state index in [1.807, 2.05) is 0 Å². The lowest BCUT2D eigenvalue weighted by Gasteiger charge is -2.44. The van der Waals surface area contributed by atoms with Gasteiger partial charge in [0.05, 0.1) is 18.3 Å². The molecule has 1 aromatic heterocycles. The molecule has 9 heteroatoms. The topological polar surface area (TPSA) is 113 Å². The van der Waals surface area contributed by atoms with Crippen LogP contribution in [-0.2, 0) is 9.59 Å². The highest BCUT2D eigenvalue weighted by Crippen LogP contribution is 2.41. The SMILES string of the molecule is CCCOc1nsnc1C1CN2CCC1CC2.O=C(O)/C=C/C(=O)O. The van der Waals surface area contributed by atoms with E-state index < -0.39 is 11.9 Å². The third-order valence-corrected chi connectivity index (χ3v) is 4.83. The minimum absolute atomic E-state index is 0.558. The van der Waals surface area contributed by atoms with Crippen LogP contribution in [0.25, 0.3) is 0 Å². The summed E-state index contributed by atoms with van der Waals surface area (Å²) in [6, 6.07) is 0. The first kappa shape index (κ1) is 19.3. The number of carboxylic acids is 2. The molecule has 3 saturated heterocycles. The molecule has 8 nitrogen and oxygen atoms in total. The summed E-state index contributed by atoms with van der Waals surface area (Å²) in [5.41, 5.74) is 1.12. The maximum Gasteiger partial charge on any atom is 0.328 e. The van der Waals surface area contributed by atoms with Gasteiger partial charge in [-0.1, -0.05) is 6.92 Å². The van der Waals surface area contributed by atoms with E-state index in [9.17, 15) is 9.59 Å². The number of aliphatic carboxylic acids is 2. The minimum Gasteiger partial charge on any atom is -0.478 e. The van der Waals surface area contributed by atoms with Gasteiger partial charge in [0.15, 0.2) is 0 Å². The van der Waals surface area contributed by atoms with Crippen LogP contribution in [0.5, 0.6) is 5.88 Å². The van der Waals surface area contributed by atoms with Crippen molar-refractivity contribution in [2.24, 2.45) is 5.92 Å². The molecule has 0 aliphatic carbocycles. The average Bonchev–Trinajstić information content (AvgIpc) is 3.08. The van der Waals surface area contributed by atoms with Crippen LogP contribution < -0.4 is 4.74 Å². The molecule has 2 N–H and O–H groups in total. The third-order valence-electron chi connectivity index (χ3n) is 4.30. The average molecular weight is 369 g/mol. The van der Waals surface area contributed by atoms with Gasteiger partial charge in [0.25, 0.3) is 0 Å². The van der Waals surface area contributed by atoms with Crippen molar-refractivity contribution in [3.8, 4) is 5.88 Å². The van der Waals surface area contributed by atoms with Crippen molar-refractivity contribution >= 4 is 23.7 Å². The van der Waals surface area contributed by atoms with Crippen molar-refractivity contribution in [3.05, 3.63) is 17.8 Å². The van der Waals surface area contributed by atoms with Crippen LogP contribution >= 0.6 is 11.7 Å². The zero-order valence-electron chi connectivity index (χ0n) is 14.1. The number of hydrogen-bond donors (Lipinski definition) is 2. The van der Waals surface area contributed by atoms with Crippen molar-refractivity contribution in [2.45, 2.75) is 32.1 Å². The summed E-state index contributed by atoms with van der Waals surface area (Å²) >= 11 is 1.29. The maximum atomic E-state index is 9.55. The number of rotatable bonds is 6. The molecule has 4 heterocycles. The molecule has 3 fully saturated rings. The molecule has 0 amide bonds. The summed E-state index contributed by atoms with van der Waals surface area (Å²) in [4.78, 5) is 21.7. The highest BCUT2D eigenvalue weighted by Gasteiger charge is 2.38. The van der Waals surface area contributed by atoms with Crippen LogP contribution in [0.3, 0.4) is 0 Å². The standard InChI is InChI=1S/C12H19N3OS.C4H4O4/c1-2-7-16-12-11(13-17-14-12)10-8-15-5-3-9(10)4-6-15;5-3(6)1-2-4(7)8/h9-10H,2-8H2,1H3;1-2H,(H,5,6)(H,7,8)/b;2-1+. The predicted octanol–water partition coefficient (Wildman–Crippen LogP) is 1.85. The fourth-order valence-corrected chi connectivity index (χ4v) is 3.69. The Hall–Kier alpha value is -2.00. The summed E-state index contributed by atoms with van der Waals surface area (Å²) < 4.78 is 14.5. The third kappa shape index (κ3) is 5.79. The molecule has 3 aliphatic heterocycles. The molecular weight excluding hydrogens is 346 g/mol. The lowest BCUT2D eigenvalue weighted by Crippen LogP contribution is -2.46. The van der Waals surface area contributed by atoms with Gasteiger partial charge in [-0.15, -0.1) is 4.37 Å². The normalized spacial score (nSPS) is 24.6. The number of piperidine rings is 3. The first-order chi connectivity index (χ1) is 12.0. The summed E-state index contributed by atoms with van der Waals surface area (Å²) in [5.74, 6) is -0.355. The first-order valence-electron chi connectivity index (χ1n) is 8.32. The molecule has 138 valence electrons. The Morgan fingerprint density at radius 3 is 2.36 bits per heavy atom. The number of hydrogen-bond acceptors (Lipinski definition) is 7. The number of nitrogens with zero attached hydrogens (tertiary/aromatic N) is 3. The van der Waals surface area contributed by atoms with Gasteiger partial charge in [0.2, 0.25) is 5.88 Å². The Morgan fingerprint density at radius 2 is 1.88 bits per heavy atom. The Balaban J connectivity index is 0.000000242. The van der Waals surface area contributed by atoms with Crippen molar-refractivity contribution < 1.29 is 24.5 Å². The van der Waals surface area contributed by atoms with Crippen molar-refractivity contribution in [1.82, 2.24) is 13.6 Å². The second-order valence-corrected chi connectivity index (χ2v) is 6.59. The van der Waals surface area contributed by atoms with E-state index in [2.05, 4.69) is 20.6 Å². The van der Waals surface area contributed by atoms with Crippen molar-refractivity contribution in [2.75, 3.05) is 26.2 Å². The van der Waals surface area contributed by atoms with E-state index in [4.69, 9.17) is 14.9 Å². The van der Waals surface area contributed by atoms with Crippen LogP contribution in [0.4, 0.5) is 0 Å². The summed E-state index contributed by atoms with van der Waals surface area (Å²) in [6.07, 6.45) is 4.77. The van der Waals surface area contributed by atoms with Crippen LogP contribution in [-0.4, -0.2) is 62.0 Å². The molecule has 0 radical (unpaired) electrons. The minimum atomic E-state index is -1.26. The smallest absolute Gasteiger partial charge is 0.328 e. The number of carboxylic acid groups (broad SMARTS) is 2. The Bertz CT molecular complexity index is 595. The summed E-state index contributed by atoms with van der Waals surface area (Å²) in [6.45, 7) is 6.56. The lowest BCUT2D eigenvalue weighted by molar-refractivity contribution is -0.134. The largest absolute Gasteiger partial charge is 0.478 e. The van der Waals surface area contributed by atoms with Gasteiger partial charge in [0, 0.05) is 24.6 Å². The number of ether oxygens (including phenoxy) is 1. The lowest BCUT2D eigenvalue weighted by atomic mass is 9.77. The van der Waals surface area contributed by atoms with Gasteiger partial charge in [-0.2, -0.15) is 4.37 Å². The van der Waals surface area contributed by atoms with E-state index in [1.165, 1.54) is 37.7 Å². The molecule has 1 unspecified atom stereocenters. The Labute approximate surface area is 150 Å². The zero-order chi connectivity index (χ0) is 18.2. The van der Waals surface area contributed by atoms with E-state index in [1.54, 1.807) is 0 Å². The van der Waals surface area contributed by atoms with Crippen molar-refractivity contribution in [3.63, 3.8) is 0 Å². The zero-order valence-corrected chi connectivity index (χ0v) is 14.9. The van der Waals surface area contributed by atoms with Gasteiger partial charge in [-0.25, -0.2) is 9.59 Å². The van der Waals surface area contributed by atoms with Gasteiger partial charge < -0.3 is 19.8 Å². The molecule has 0 aromatic carbocycles. The second-order valence-electron chi connectivity index (χ2n) is 6.06. The van der Waals surface area contributed by atoms with Gasteiger partial charge in [-0.3, -0.25) is 0 Å². The Morgan fingerprint density at radius 1 is 1.24 bits per heavy atom. The summed E-state index contributed by atoms with van der Waals surface area (Å²) in [7, 11) is 0. The van der Waals surface area contributed by atoms with E-state index in [0.29, 0.717) is 18.1 Å².